The quantitative estimate of drug-likeness (QED) is 0.685. The van der Waals surface area contributed by atoms with Crippen LogP contribution in [0.15, 0.2) is 48.7 Å². The van der Waals surface area contributed by atoms with Gasteiger partial charge in [-0.3, -0.25) is 0 Å². The van der Waals surface area contributed by atoms with E-state index in [2.05, 4.69) is 10.3 Å². The van der Waals surface area contributed by atoms with Gasteiger partial charge in [0.05, 0.1) is 17.3 Å². The molecule has 0 radical (unpaired) electrons. The second-order valence-electron chi connectivity index (χ2n) is 5.99. The number of nitrogens with one attached hydrogen (secondary N) is 1. The number of aliphatic hydroxyl groups excluding tert-OH is 1. The summed E-state index contributed by atoms with van der Waals surface area (Å²) in [6, 6.07) is 13.7. The van der Waals surface area contributed by atoms with E-state index < -0.39 is 6.10 Å². The van der Waals surface area contributed by atoms with Crippen LogP contribution in [0.2, 0.25) is 0 Å². The standard InChI is InChI=1S/C20H23N3O2/c1-3-4-16(24)13-25-17-7-9-18-14(11-17)5-8-19(23-18)15-6-10-20(21-2)22-12-15/h5-12,16,24H,3-4,13H2,1-2H3,(H,21,22). The zero-order valence-corrected chi connectivity index (χ0v) is 14.6. The number of pyridine rings is 2. The molecule has 1 atom stereocenters. The minimum Gasteiger partial charge on any atom is -0.491 e. The molecule has 0 aliphatic heterocycles. The number of aliphatic hydroxyl groups is 1. The Morgan fingerprint density at radius 2 is 2.04 bits per heavy atom. The maximum absolute atomic E-state index is 9.78. The van der Waals surface area contributed by atoms with Crippen molar-refractivity contribution in [2.75, 3.05) is 19.0 Å². The van der Waals surface area contributed by atoms with Crippen molar-refractivity contribution in [3.63, 3.8) is 0 Å². The fraction of sp³-hybridized carbons (Fsp3) is 0.300. The summed E-state index contributed by atoms with van der Waals surface area (Å²) < 4.78 is 5.67. The third-order valence-electron chi connectivity index (χ3n) is 4.04. The fourth-order valence-electron chi connectivity index (χ4n) is 2.66. The monoisotopic (exact) mass is 337 g/mol. The Hall–Kier alpha value is -2.66. The van der Waals surface area contributed by atoms with Crippen LogP contribution in [0, 0.1) is 0 Å². The average molecular weight is 337 g/mol. The lowest BCUT2D eigenvalue weighted by molar-refractivity contribution is 0.0994. The Morgan fingerprint density at radius 1 is 1.16 bits per heavy atom. The Morgan fingerprint density at radius 3 is 2.76 bits per heavy atom. The van der Waals surface area contributed by atoms with Crippen molar-refractivity contribution >= 4 is 16.7 Å². The van der Waals surface area contributed by atoms with Crippen molar-refractivity contribution in [3.05, 3.63) is 48.7 Å². The van der Waals surface area contributed by atoms with Gasteiger partial charge in [-0.25, -0.2) is 9.97 Å². The van der Waals surface area contributed by atoms with Gasteiger partial charge in [-0.15, -0.1) is 0 Å². The highest BCUT2D eigenvalue weighted by molar-refractivity contribution is 5.82. The van der Waals surface area contributed by atoms with Crippen molar-refractivity contribution in [1.82, 2.24) is 9.97 Å². The minimum atomic E-state index is -0.422. The first-order valence-corrected chi connectivity index (χ1v) is 8.55. The highest BCUT2D eigenvalue weighted by Crippen LogP contribution is 2.24. The van der Waals surface area contributed by atoms with E-state index in [1.54, 1.807) is 0 Å². The Balaban J connectivity index is 1.78. The topological polar surface area (TPSA) is 67.3 Å². The predicted molar refractivity (Wildman–Crippen MR) is 101 cm³/mol. The van der Waals surface area contributed by atoms with Crippen molar-refractivity contribution in [2.45, 2.75) is 25.9 Å². The number of aromatic nitrogens is 2. The summed E-state index contributed by atoms with van der Waals surface area (Å²) >= 11 is 0. The molecule has 3 aromatic rings. The number of fused-ring (bicyclic) bond motifs is 1. The zero-order valence-electron chi connectivity index (χ0n) is 14.6. The van der Waals surface area contributed by atoms with Gasteiger partial charge in [-0.2, -0.15) is 0 Å². The van der Waals surface area contributed by atoms with Crippen LogP contribution in [0.3, 0.4) is 0 Å². The Labute approximate surface area is 147 Å². The van der Waals surface area contributed by atoms with Crippen LogP contribution in [0.1, 0.15) is 19.8 Å². The molecule has 130 valence electrons. The summed E-state index contributed by atoms with van der Waals surface area (Å²) in [5.41, 5.74) is 2.76. The van der Waals surface area contributed by atoms with Crippen LogP contribution < -0.4 is 10.1 Å². The lowest BCUT2D eigenvalue weighted by atomic mass is 10.1. The van der Waals surface area contributed by atoms with Crippen LogP contribution in [-0.4, -0.2) is 34.8 Å². The first kappa shape index (κ1) is 17.2. The van der Waals surface area contributed by atoms with Crippen molar-refractivity contribution in [3.8, 4) is 17.0 Å². The molecule has 5 nitrogen and oxygen atoms in total. The molecule has 1 aromatic carbocycles. The summed E-state index contributed by atoms with van der Waals surface area (Å²) in [7, 11) is 1.84. The summed E-state index contributed by atoms with van der Waals surface area (Å²) in [6.07, 6.45) is 3.08. The van der Waals surface area contributed by atoms with Crippen LogP contribution in [0.5, 0.6) is 5.75 Å². The largest absolute Gasteiger partial charge is 0.491 e. The SMILES string of the molecule is CCCC(O)COc1ccc2nc(-c3ccc(NC)nc3)ccc2c1. The number of ether oxygens (including phenoxy) is 1. The molecule has 0 aliphatic carbocycles. The molecule has 0 saturated heterocycles. The van der Waals surface area contributed by atoms with Crippen molar-refractivity contribution in [2.24, 2.45) is 0 Å². The molecule has 0 saturated carbocycles. The fourth-order valence-corrected chi connectivity index (χ4v) is 2.66. The normalized spacial score (nSPS) is 12.1. The lowest BCUT2D eigenvalue weighted by Crippen LogP contribution is -2.16. The van der Waals surface area contributed by atoms with E-state index in [0.29, 0.717) is 6.61 Å². The molecule has 25 heavy (non-hydrogen) atoms. The number of hydrogen-bond acceptors (Lipinski definition) is 5. The van der Waals surface area contributed by atoms with Crippen LogP contribution in [0.25, 0.3) is 22.2 Å². The van der Waals surface area contributed by atoms with E-state index in [1.165, 1.54) is 0 Å². The molecule has 1 unspecified atom stereocenters. The number of benzene rings is 1. The van der Waals surface area contributed by atoms with Crippen molar-refractivity contribution in [1.29, 1.82) is 0 Å². The molecule has 0 fully saturated rings. The number of anilines is 1. The third-order valence-corrected chi connectivity index (χ3v) is 4.04. The maximum atomic E-state index is 9.78. The second kappa shape index (κ2) is 7.94. The molecule has 0 spiro atoms. The van der Waals surface area contributed by atoms with Crippen LogP contribution >= 0.6 is 0 Å². The second-order valence-corrected chi connectivity index (χ2v) is 5.99. The van der Waals surface area contributed by atoms with Gasteiger partial charge in [0.25, 0.3) is 0 Å². The lowest BCUT2D eigenvalue weighted by Gasteiger charge is -2.12. The Kier molecular flexibility index (Phi) is 5.46. The van der Waals surface area contributed by atoms with Gasteiger partial charge in [0.1, 0.15) is 18.2 Å². The molecular weight excluding hydrogens is 314 g/mol. The van der Waals surface area contributed by atoms with Crippen LogP contribution in [0.4, 0.5) is 5.82 Å². The van der Waals surface area contributed by atoms with Gasteiger partial charge in [-0.05, 0) is 42.8 Å². The predicted octanol–water partition coefficient (Wildman–Crippen LogP) is 3.88. The van der Waals surface area contributed by atoms with Gasteiger partial charge in [-0.1, -0.05) is 19.4 Å². The molecule has 2 aromatic heterocycles. The summed E-state index contributed by atoms with van der Waals surface area (Å²) in [6.45, 7) is 2.36. The molecular formula is C20H23N3O2. The smallest absolute Gasteiger partial charge is 0.125 e. The summed E-state index contributed by atoms with van der Waals surface area (Å²) in [5, 5.41) is 13.8. The van der Waals surface area contributed by atoms with Crippen molar-refractivity contribution < 1.29 is 9.84 Å². The van der Waals surface area contributed by atoms with Gasteiger partial charge in [0.2, 0.25) is 0 Å². The summed E-state index contributed by atoms with van der Waals surface area (Å²) in [4.78, 5) is 9.03. The molecule has 0 amide bonds. The van der Waals surface area contributed by atoms with Gasteiger partial charge < -0.3 is 15.2 Å². The van der Waals surface area contributed by atoms with E-state index >= 15 is 0 Å². The zero-order chi connectivity index (χ0) is 17.6. The molecule has 5 heteroatoms. The average Bonchev–Trinajstić information content (AvgIpc) is 2.66. The number of hydrogen-bond donors (Lipinski definition) is 2. The summed E-state index contributed by atoms with van der Waals surface area (Å²) in [5.74, 6) is 1.58. The van der Waals surface area contributed by atoms with E-state index in [-0.39, 0.29) is 0 Å². The maximum Gasteiger partial charge on any atom is 0.125 e. The third kappa shape index (κ3) is 4.25. The first-order valence-electron chi connectivity index (χ1n) is 8.55. The number of rotatable bonds is 7. The van der Waals surface area contributed by atoms with E-state index in [1.807, 2.05) is 62.6 Å². The molecule has 2 N–H and O–H groups in total. The highest BCUT2D eigenvalue weighted by Gasteiger charge is 2.06. The number of nitrogens with zero attached hydrogens (tertiary/aromatic N) is 2. The molecule has 2 heterocycles. The van der Waals surface area contributed by atoms with Gasteiger partial charge in [0, 0.05) is 24.2 Å². The van der Waals surface area contributed by atoms with E-state index in [4.69, 9.17) is 9.72 Å². The minimum absolute atomic E-state index is 0.314. The van der Waals surface area contributed by atoms with E-state index in [9.17, 15) is 5.11 Å². The Bertz CT molecular complexity index is 834. The molecule has 0 aliphatic rings. The van der Waals surface area contributed by atoms with Crippen LogP contribution in [-0.2, 0) is 0 Å². The van der Waals surface area contributed by atoms with Gasteiger partial charge in [0.15, 0.2) is 0 Å². The van der Waals surface area contributed by atoms with Gasteiger partial charge >= 0.3 is 0 Å². The van der Waals surface area contributed by atoms with E-state index in [0.717, 1.165) is 46.6 Å². The molecule has 0 bridgehead atoms. The highest BCUT2D eigenvalue weighted by atomic mass is 16.5. The first-order chi connectivity index (χ1) is 12.2. The molecule has 3 rings (SSSR count).